The Balaban J connectivity index is -0.0000000213. The van der Waals surface area contributed by atoms with E-state index in [1.807, 2.05) is 0 Å². The average molecular weight is 451 g/mol. The molecule has 0 aromatic carbocycles. The minimum Gasteiger partial charge on any atom is -0.397 e. The zero-order valence-electron chi connectivity index (χ0n) is 9.32. The molecule has 0 radical (unpaired) electrons. The molecule has 13 heavy (non-hydrogen) atoms. The molecule has 0 aliphatic carbocycles. The third-order valence-electron chi connectivity index (χ3n) is 0. The number of aliphatic hydroxyl groups is 4. The van der Waals surface area contributed by atoms with E-state index < -0.39 is 0 Å². The van der Waals surface area contributed by atoms with Gasteiger partial charge < -0.3 is 20.4 Å². The zero-order chi connectivity index (χ0) is 10.8. The second-order valence-electron chi connectivity index (χ2n) is 1.26. The van der Waals surface area contributed by atoms with Crippen molar-refractivity contribution in [1.29, 1.82) is 0 Å². The Labute approximate surface area is 75.5 Å². The summed E-state index contributed by atoms with van der Waals surface area (Å²) in [7, 11) is 0. The van der Waals surface area contributed by atoms with E-state index in [9.17, 15) is 0 Å². The van der Waals surface area contributed by atoms with Gasteiger partial charge in [0.15, 0.2) is 0 Å². The fourth-order valence-electron chi connectivity index (χ4n) is 0. The summed E-state index contributed by atoms with van der Waals surface area (Å²) in [5.41, 5.74) is 0. The first-order valence-electron chi connectivity index (χ1n) is 4.09. The molecule has 0 bridgehead atoms. The first-order valence-corrected chi connectivity index (χ1v) is 4.09. The Bertz CT molecular complexity index is 24.1. The Morgan fingerprint density at radius 1 is 0.538 bits per heavy atom. The second-order valence-corrected chi connectivity index (χ2v) is 1.26. The molecule has 0 saturated carbocycles. The summed E-state index contributed by atoms with van der Waals surface area (Å²) in [6.45, 7) is 7.72. The van der Waals surface area contributed by atoms with Gasteiger partial charge in [-0.2, -0.15) is 0 Å². The van der Waals surface area contributed by atoms with Gasteiger partial charge in [0.25, 0.3) is 0 Å². The molecule has 0 aliphatic rings. The molecule has 4 N–H and O–H groups in total. The number of aliphatic hydroxyl groups excluding tert-OH is 4. The first kappa shape index (κ1) is 29.7. The van der Waals surface area contributed by atoms with E-state index in [1.165, 1.54) is 0 Å². The Hall–Kier alpha value is -1.16. The van der Waals surface area contributed by atoms with E-state index in [0.29, 0.717) is 0 Å². The zero-order valence-corrected chi connectivity index (χ0v) is 15.7. The minimum absolute atomic E-state index is 0. The van der Waals surface area contributed by atoms with Crippen molar-refractivity contribution in [2.24, 2.45) is 0 Å². The molecule has 0 saturated heterocycles. The van der Waals surface area contributed by atoms with E-state index in [0.717, 1.165) is 0 Å². The van der Waals surface area contributed by atoms with Crippen molar-refractivity contribution in [2.45, 2.75) is 27.7 Å². The van der Waals surface area contributed by atoms with Crippen molar-refractivity contribution in [3.05, 3.63) is 0 Å². The summed E-state index contributed by atoms with van der Waals surface area (Å²) in [6, 6.07) is 0. The van der Waals surface area contributed by atoms with E-state index in [4.69, 9.17) is 20.4 Å². The van der Waals surface area contributed by atoms with E-state index in [-0.39, 0.29) is 26.4 Å². The standard InChI is InChI=1S/4C2H6O.Rf/c4*1-2-3;/h4*3H,2H2,1H3;. The molecule has 4 nitrogen and oxygen atoms in total. The van der Waals surface area contributed by atoms with Crippen LogP contribution in [0.5, 0.6) is 0 Å². The van der Waals surface area contributed by atoms with Crippen LogP contribution in [0, 0.1) is 0 Å². The molecule has 0 atom stereocenters. The van der Waals surface area contributed by atoms with Crippen molar-refractivity contribution < 1.29 is 20.4 Å². The first-order chi connectivity index (χ1) is 5.66. The van der Waals surface area contributed by atoms with Gasteiger partial charge in [-0.1, -0.05) is 0 Å². The number of hydrogen-bond acceptors (Lipinski definition) is 4. The van der Waals surface area contributed by atoms with E-state index in [1.54, 1.807) is 27.7 Å². The van der Waals surface area contributed by atoms with Gasteiger partial charge in [0.05, 0.1) is 0 Å². The van der Waals surface area contributed by atoms with Gasteiger partial charge in [0.2, 0.25) is 0 Å². The molecule has 0 rings (SSSR count). The molecule has 0 heterocycles. The predicted molar refractivity (Wildman–Crippen MR) is 51.0 cm³/mol. The molecule has 0 aliphatic heterocycles. The molecule has 0 amide bonds. The van der Waals surface area contributed by atoms with Crippen LogP contribution in [-0.2, 0) is 0 Å². The van der Waals surface area contributed by atoms with Gasteiger partial charge in [0.1, 0.15) is 0 Å². The topological polar surface area (TPSA) is 80.9 Å². The second kappa shape index (κ2) is 130. The average Bonchev–Trinajstić information content (AvgIpc) is 1.92. The fourth-order valence-corrected chi connectivity index (χ4v) is 0. The summed E-state index contributed by atoms with van der Waals surface area (Å²) in [5, 5.41) is 30.3. The monoisotopic (exact) mass is 451 g/mol. The summed E-state index contributed by atoms with van der Waals surface area (Å²) >= 11 is 0. The maximum Gasteiger partial charge on any atom is 0.0402 e. The Kier molecular flexibility index (Phi) is 298. The number of hydrogen-bond donors (Lipinski definition) is 4. The van der Waals surface area contributed by atoms with E-state index >= 15 is 0 Å². The SMILES string of the molecule is CCO.CCO.CCO.CCO.[Rf]. The Morgan fingerprint density at radius 2 is 0.538 bits per heavy atom. The molecule has 0 spiro atoms. The van der Waals surface area contributed by atoms with Crippen molar-refractivity contribution in [1.82, 2.24) is 0 Å². The van der Waals surface area contributed by atoms with Gasteiger partial charge in [0, 0.05) is 26.4 Å². The van der Waals surface area contributed by atoms with Crippen LogP contribution in [0.3, 0.4) is 0 Å². The molecule has 0 aromatic rings. The number of rotatable bonds is 0. The molecule has 0 unspecified atom stereocenters. The Morgan fingerprint density at radius 3 is 0.538 bits per heavy atom. The third-order valence-corrected chi connectivity index (χ3v) is 0. The van der Waals surface area contributed by atoms with Crippen molar-refractivity contribution in [3.63, 3.8) is 0 Å². The molecular weight excluding hydrogens is 427 g/mol. The van der Waals surface area contributed by atoms with E-state index in [2.05, 4.69) is 0 Å². The van der Waals surface area contributed by atoms with Crippen LogP contribution in [0.1, 0.15) is 27.7 Å². The molecular formula is C8H24O4Rf. The van der Waals surface area contributed by atoms with Crippen LogP contribution >= 0.6 is 0 Å². The maximum absolute atomic E-state index is 7.57. The van der Waals surface area contributed by atoms with Crippen molar-refractivity contribution in [3.8, 4) is 0 Å². The van der Waals surface area contributed by atoms with Crippen LogP contribution in [-0.4, -0.2) is 46.9 Å². The largest absolute Gasteiger partial charge is 0.397 e. The predicted octanol–water partition coefficient (Wildman–Crippen LogP) is -0.00560. The third kappa shape index (κ3) is 630. The summed E-state index contributed by atoms with van der Waals surface area (Å²) < 4.78 is 0. The van der Waals surface area contributed by atoms with Crippen molar-refractivity contribution >= 4 is 0 Å². The molecule has 0 aromatic heterocycles. The van der Waals surface area contributed by atoms with Gasteiger partial charge in [-0.25, -0.2) is 0 Å². The maximum atomic E-state index is 7.57. The van der Waals surface area contributed by atoms with Crippen LogP contribution in [0.4, 0.5) is 0 Å². The summed E-state index contributed by atoms with van der Waals surface area (Å²) in [4.78, 5) is 0. The van der Waals surface area contributed by atoms with Gasteiger partial charge in [-0.15, -0.1) is 0 Å². The van der Waals surface area contributed by atoms with Crippen LogP contribution in [0.2, 0.25) is 0 Å². The van der Waals surface area contributed by atoms with Crippen LogP contribution < -0.4 is 0 Å². The van der Waals surface area contributed by atoms with Crippen molar-refractivity contribution in [2.75, 3.05) is 26.4 Å². The molecule has 0 fully saturated rings. The normalized spacial score (nSPS) is 5.54. The smallest absolute Gasteiger partial charge is 0.0402 e. The van der Waals surface area contributed by atoms with Gasteiger partial charge >= 0.3 is 0 Å². The fraction of sp³-hybridized carbons (Fsp3) is 1.00. The summed E-state index contributed by atoms with van der Waals surface area (Å²) in [5.74, 6) is 0. The van der Waals surface area contributed by atoms with Gasteiger partial charge in [-0.3, -0.25) is 0 Å². The molecule has 82 valence electrons. The minimum atomic E-state index is 0. The van der Waals surface area contributed by atoms with Crippen LogP contribution in [0.15, 0.2) is 0 Å². The molecule has 5 heteroatoms. The quantitative estimate of drug-likeness (QED) is 0.418. The summed E-state index contributed by atoms with van der Waals surface area (Å²) in [6.07, 6.45) is 0. The van der Waals surface area contributed by atoms with Crippen LogP contribution in [0.25, 0.3) is 0 Å². The van der Waals surface area contributed by atoms with Gasteiger partial charge in [-0.05, 0) is 27.7 Å².